The molecule has 0 amide bonds. The first-order chi connectivity index (χ1) is 14.6. The second kappa shape index (κ2) is 8.51. The van der Waals surface area contributed by atoms with Crippen molar-refractivity contribution in [2.24, 2.45) is 4.99 Å². The van der Waals surface area contributed by atoms with Crippen molar-refractivity contribution in [1.29, 1.82) is 0 Å². The summed E-state index contributed by atoms with van der Waals surface area (Å²) in [5.74, 6) is 2.70. The van der Waals surface area contributed by atoms with Gasteiger partial charge in [-0.25, -0.2) is 4.99 Å². The Morgan fingerprint density at radius 1 is 0.767 bits per heavy atom. The standard InChI is InChI=1S/C24H20ClNO4/c1-27-18-8-6-17(7-9-18)26-20-14-23(30-21-11-5-16(25)13-19(20)21)15-4-10-22(28-2)24(12-15)29-3/h4-14H,1-3H3. The number of benzene rings is 3. The third-order valence-corrected chi connectivity index (χ3v) is 4.93. The molecule has 0 fully saturated rings. The molecule has 3 aromatic carbocycles. The maximum Gasteiger partial charge on any atom is 0.161 e. The molecule has 0 aliphatic heterocycles. The van der Waals surface area contributed by atoms with Gasteiger partial charge in [-0.3, -0.25) is 0 Å². The van der Waals surface area contributed by atoms with Crippen molar-refractivity contribution in [1.82, 2.24) is 0 Å². The highest BCUT2D eigenvalue weighted by molar-refractivity contribution is 6.31. The van der Waals surface area contributed by atoms with Gasteiger partial charge < -0.3 is 18.6 Å². The molecule has 6 heteroatoms. The van der Waals surface area contributed by atoms with Gasteiger partial charge in [-0.1, -0.05) is 11.6 Å². The van der Waals surface area contributed by atoms with Crippen molar-refractivity contribution in [2.75, 3.05) is 21.3 Å². The molecular weight excluding hydrogens is 402 g/mol. The lowest BCUT2D eigenvalue weighted by atomic mass is 10.1. The van der Waals surface area contributed by atoms with Crippen LogP contribution in [0.4, 0.5) is 5.69 Å². The summed E-state index contributed by atoms with van der Waals surface area (Å²) in [6, 6.07) is 20.5. The van der Waals surface area contributed by atoms with Crippen molar-refractivity contribution >= 4 is 28.3 Å². The van der Waals surface area contributed by atoms with E-state index in [1.54, 1.807) is 27.4 Å². The van der Waals surface area contributed by atoms with Gasteiger partial charge in [-0.2, -0.15) is 0 Å². The summed E-state index contributed by atoms with van der Waals surface area (Å²) in [7, 11) is 4.84. The number of ether oxygens (including phenoxy) is 3. The Morgan fingerprint density at radius 3 is 2.23 bits per heavy atom. The maximum atomic E-state index is 6.23. The van der Waals surface area contributed by atoms with Gasteiger partial charge in [0.15, 0.2) is 11.5 Å². The van der Waals surface area contributed by atoms with Gasteiger partial charge in [0, 0.05) is 22.0 Å². The Morgan fingerprint density at radius 2 is 1.53 bits per heavy atom. The molecular formula is C24H20ClNO4. The molecule has 0 unspecified atom stereocenters. The summed E-state index contributed by atoms with van der Waals surface area (Å²) < 4.78 is 22.1. The molecule has 0 atom stereocenters. The van der Waals surface area contributed by atoms with Crippen molar-refractivity contribution < 1.29 is 18.6 Å². The van der Waals surface area contributed by atoms with E-state index in [0.29, 0.717) is 27.9 Å². The van der Waals surface area contributed by atoms with Crippen LogP contribution in [0.5, 0.6) is 17.2 Å². The topological polar surface area (TPSA) is 53.2 Å². The first-order valence-electron chi connectivity index (χ1n) is 9.26. The fraction of sp³-hybridized carbons (Fsp3) is 0.125. The zero-order valence-electron chi connectivity index (χ0n) is 16.8. The van der Waals surface area contributed by atoms with Gasteiger partial charge in [0.25, 0.3) is 0 Å². The molecule has 0 aliphatic rings. The second-order valence-electron chi connectivity index (χ2n) is 6.52. The minimum atomic E-state index is 0.614. The summed E-state index contributed by atoms with van der Waals surface area (Å²) in [4.78, 5) is 4.82. The second-order valence-corrected chi connectivity index (χ2v) is 6.95. The molecule has 0 saturated carbocycles. The summed E-state index contributed by atoms with van der Waals surface area (Å²) >= 11 is 6.23. The van der Waals surface area contributed by atoms with Crippen LogP contribution in [0.3, 0.4) is 0 Å². The van der Waals surface area contributed by atoms with Gasteiger partial charge >= 0.3 is 0 Å². The number of rotatable bonds is 5. The first kappa shape index (κ1) is 19.9. The van der Waals surface area contributed by atoms with Crippen molar-refractivity contribution in [3.63, 3.8) is 0 Å². The van der Waals surface area contributed by atoms with Crippen LogP contribution in [0.2, 0.25) is 5.02 Å². The van der Waals surface area contributed by atoms with Gasteiger partial charge in [-0.05, 0) is 60.7 Å². The normalized spacial score (nSPS) is 11.5. The molecule has 4 aromatic rings. The van der Waals surface area contributed by atoms with E-state index in [1.165, 1.54) is 0 Å². The number of halogens is 1. The predicted octanol–water partition coefficient (Wildman–Crippen LogP) is 6.01. The molecule has 0 radical (unpaired) electrons. The average Bonchev–Trinajstić information content (AvgIpc) is 2.79. The third-order valence-electron chi connectivity index (χ3n) is 4.70. The Bertz CT molecular complexity index is 1260. The Balaban J connectivity index is 1.92. The Kier molecular flexibility index (Phi) is 5.63. The fourth-order valence-electron chi connectivity index (χ4n) is 3.16. The Hall–Kier alpha value is -3.44. The van der Waals surface area contributed by atoms with E-state index < -0.39 is 0 Å². The first-order valence-corrected chi connectivity index (χ1v) is 9.63. The summed E-state index contributed by atoms with van der Waals surface area (Å²) in [5, 5.41) is 2.18. The molecule has 152 valence electrons. The van der Waals surface area contributed by atoms with E-state index in [2.05, 4.69) is 0 Å². The molecule has 1 heterocycles. The van der Waals surface area contributed by atoms with Crippen LogP contribution < -0.4 is 19.6 Å². The van der Waals surface area contributed by atoms with E-state index in [1.807, 2.05) is 60.7 Å². The number of methoxy groups -OCH3 is 3. The molecule has 0 bridgehead atoms. The van der Waals surface area contributed by atoms with Gasteiger partial charge in [0.05, 0.1) is 32.4 Å². The van der Waals surface area contributed by atoms with Crippen molar-refractivity contribution in [2.45, 2.75) is 0 Å². The zero-order valence-corrected chi connectivity index (χ0v) is 17.6. The highest BCUT2D eigenvalue weighted by atomic mass is 35.5. The SMILES string of the molecule is COc1ccc(N=c2cc(-c3ccc(OC)c(OC)c3)oc3ccc(Cl)cc23)cc1. The van der Waals surface area contributed by atoms with E-state index in [0.717, 1.165) is 27.7 Å². The lowest BCUT2D eigenvalue weighted by Gasteiger charge is -2.10. The number of fused-ring (bicyclic) bond motifs is 1. The molecule has 1 aromatic heterocycles. The lowest BCUT2D eigenvalue weighted by Crippen LogP contribution is -2.03. The Labute approximate surface area is 179 Å². The van der Waals surface area contributed by atoms with Gasteiger partial charge in [-0.15, -0.1) is 0 Å². The van der Waals surface area contributed by atoms with Crippen LogP contribution >= 0.6 is 11.6 Å². The molecule has 0 saturated heterocycles. The van der Waals surface area contributed by atoms with Crippen molar-refractivity contribution in [3.8, 4) is 28.6 Å². The molecule has 0 spiro atoms. The van der Waals surface area contributed by atoms with Crippen LogP contribution in [0.15, 0.2) is 76.1 Å². The molecule has 4 rings (SSSR count). The summed E-state index contributed by atoms with van der Waals surface area (Å²) in [6.07, 6.45) is 0. The van der Waals surface area contributed by atoms with Crippen LogP contribution in [-0.2, 0) is 0 Å². The fourth-order valence-corrected chi connectivity index (χ4v) is 3.33. The molecule has 5 nitrogen and oxygen atoms in total. The van der Waals surface area contributed by atoms with E-state index in [4.69, 9.17) is 35.2 Å². The lowest BCUT2D eigenvalue weighted by molar-refractivity contribution is 0.355. The smallest absolute Gasteiger partial charge is 0.161 e. The molecule has 0 N–H and O–H groups in total. The molecule has 30 heavy (non-hydrogen) atoms. The van der Waals surface area contributed by atoms with Crippen LogP contribution in [-0.4, -0.2) is 21.3 Å². The van der Waals surface area contributed by atoms with Crippen LogP contribution in [0.1, 0.15) is 0 Å². The highest BCUT2D eigenvalue weighted by Gasteiger charge is 2.11. The van der Waals surface area contributed by atoms with E-state index in [-0.39, 0.29) is 0 Å². The summed E-state index contributed by atoms with van der Waals surface area (Å²) in [5.41, 5.74) is 2.32. The average molecular weight is 422 g/mol. The zero-order chi connectivity index (χ0) is 21.1. The van der Waals surface area contributed by atoms with Crippen LogP contribution in [0.25, 0.3) is 22.3 Å². The number of nitrogens with zero attached hydrogens (tertiary/aromatic N) is 1. The predicted molar refractivity (Wildman–Crippen MR) is 118 cm³/mol. The van der Waals surface area contributed by atoms with Gasteiger partial charge in [0.1, 0.15) is 17.1 Å². The van der Waals surface area contributed by atoms with Crippen molar-refractivity contribution in [3.05, 3.63) is 77.1 Å². The van der Waals surface area contributed by atoms with E-state index >= 15 is 0 Å². The minimum absolute atomic E-state index is 0.614. The highest BCUT2D eigenvalue weighted by Crippen LogP contribution is 2.33. The number of hydrogen-bond acceptors (Lipinski definition) is 5. The minimum Gasteiger partial charge on any atom is -0.497 e. The monoisotopic (exact) mass is 421 g/mol. The number of hydrogen-bond donors (Lipinski definition) is 0. The van der Waals surface area contributed by atoms with Gasteiger partial charge in [0.2, 0.25) is 0 Å². The third kappa shape index (κ3) is 3.98. The maximum absolute atomic E-state index is 6.23. The largest absolute Gasteiger partial charge is 0.497 e. The van der Waals surface area contributed by atoms with Crippen LogP contribution in [0, 0.1) is 0 Å². The molecule has 0 aliphatic carbocycles. The quantitative estimate of drug-likeness (QED) is 0.396. The van der Waals surface area contributed by atoms with E-state index in [9.17, 15) is 0 Å². The summed E-state index contributed by atoms with van der Waals surface area (Å²) in [6.45, 7) is 0.